The van der Waals surface area contributed by atoms with E-state index in [9.17, 15) is 4.79 Å². The van der Waals surface area contributed by atoms with Crippen LogP contribution < -0.4 is 10.8 Å². The molecule has 150 valence electrons. The van der Waals surface area contributed by atoms with Crippen molar-refractivity contribution < 1.29 is 10.0 Å². The monoisotopic (exact) mass is 415 g/mol. The first kappa shape index (κ1) is 20.0. The molecule has 2 aromatic carbocycles. The van der Waals surface area contributed by atoms with Gasteiger partial charge in [0.25, 0.3) is 5.91 Å². The zero-order valence-electron chi connectivity index (χ0n) is 16.2. The summed E-state index contributed by atoms with van der Waals surface area (Å²) in [6.07, 6.45) is 1.84. The molecule has 0 saturated carbocycles. The van der Waals surface area contributed by atoms with Gasteiger partial charge in [-0.1, -0.05) is 60.7 Å². The molecule has 0 aliphatic carbocycles. The van der Waals surface area contributed by atoms with Gasteiger partial charge in [0.15, 0.2) is 0 Å². The Hall–Kier alpha value is -3.32. The second-order valence-corrected chi connectivity index (χ2v) is 7.91. The Bertz CT molecular complexity index is 1110. The van der Waals surface area contributed by atoms with Gasteiger partial charge >= 0.3 is 0 Å². The smallest absolute Gasteiger partial charge is 0.284 e. The van der Waals surface area contributed by atoms with Crippen LogP contribution in [0.25, 0.3) is 21.7 Å². The molecule has 30 heavy (non-hydrogen) atoms. The standard InChI is InChI=1S/C24H21N3O2S/c28-24(27-29)23-13-12-22(30-23)21-11-8-18(16-26-21)15-25-14-17-6-9-20(10-7-17)19-4-2-1-3-5-19/h1-13,16,25,29H,14-15H2,(H,27,28). The lowest BCUT2D eigenvalue weighted by Gasteiger charge is -2.07. The molecule has 2 aromatic heterocycles. The highest BCUT2D eigenvalue weighted by atomic mass is 32.1. The molecule has 0 saturated heterocycles. The molecule has 0 aliphatic rings. The number of rotatable bonds is 7. The van der Waals surface area contributed by atoms with E-state index < -0.39 is 5.91 Å². The van der Waals surface area contributed by atoms with Crippen LogP contribution in [0.5, 0.6) is 0 Å². The zero-order valence-corrected chi connectivity index (χ0v) is 17.0. The lowest BCUT2D eigenvalue weighted by molar-refractivity contribution is 0.0711. The number of hydroxylamine groups is 1. The van der Waals surface area contributed by atoms with Crippen LogP contribution in [0.1, 0.15) is 20.8 Å². The Morgan fingerprint density at radius 3 is 2.23 bits per heavy atom. The lowest BCUT2D eigenvalue weighted by Crippen LogP contribution is -2.16. The van der Waals surface area contributed by atoms with E-state index in [1.54, 1.807) is 11.5 Å². The minimum Gasteiger partial charge on any atom is -0.309 e. The summed E-state index contributed by atoms with van der Waals surface area (Å²) in [4.78, 5) is 17.3. The summed E-state index contributed by atoms with van der Waals surface area (Å²) in [5.41, 5.74) is 7.20. The predicted molar refractivity (Wildman–Crippen MR) is 119 cm³/mol. The fourth-order valence-electron chi connectivity index (χ4n) is 3.12. The molecule has 4 aromatic rings. The third-order valence-corrected chi connectivity index (χ3v) is 5.83. The second-order valence-electron chi connectivity index (χ2n) is 6.82. The molecular formula is C24H21N3O2S. The van der Waals surface area contributed by atoms with Crippen LogP contribution in [0.3, 0.4) is 0 Å². The first-order valence-corrected chi connectivity index (χ1v) is 10.4. The van der Waals surface area contributed by atoms with Crippen molar-refractivity contribution in [2.75, 3.05) is 0 Å². The fraction of sp³-hybridized carbons (Fsp3) is 0.0833. The highest BCUT2D eigenvalue weighted by molar-refractivity contribution is 7.17. The van der Waals surface area contributed by atoms with Gasteiger partial charge in [0, 0.05) is 19.3 Å². The van der Waals surface area contributed by atoms with Gasteiger partial charge in [0.1, 0.15) is 0 Å². The maximum Gasteiger partial charge on any atom is 0.284 e. The maximum absolute atomic E-state index is 11.5. The summed E-state index contributed by atoms with van der Waals surface area (Å²) in [6, 6.07) is 26.4. The number of carbonyl (C=O) groups is 1. The van der Waals surface area contributed by atoms with Gasteiger partial charge in [-0.15, -0.1) is 11.3 Å². The van der Waals surface area contributed by atoms with Gasteiger partial charge in [-0.3, -0.25) is 15.0 Å². The topological polar surface area (TPSA) is 74.2 Å². The molecule has 4 rings (SSSR count). The van der Waals surface area contributed by atoms with Crippen LogP contribution in [0.2, 0.25) is 0 Å². The van der Waals surface area contributed by atoms with Crippen molar-refractivity contribution in [2.24, 2.45) is 0 Å². The van der Waals surface area contributed by atoms with Crippen LogP contribution in [-0.2, 0) is 13.1 Å². The predicted octanol–water partition coefficient (Wildman–Crippen LogP) is 4.89. The summed E-state index contributed by atoms with van der Waals surface area (Å²) in [5.74, 6) is -0.510. The van der Waals surface area contributed by atoms with Gasteiger partial charge in [-0.25, -0.2) is 5.48 Å². The van der Waals surface area contributed by atoms with E-state index in [1.807, 2.05) is 42.6 Å². The molecule has 0 radical (unpaired) electrons. The third kappa shape index (κ3) is 4.80. The quantitative estimate of drug-likeness (QED) is 0.297. The molecule has 0 fully saturated rings. The molecular weight excluding hydrogens is 394 g/mol. The molecule has 2 heterocycles. The molecule has 5 nitrogen and oxygen atoms in total. The summed E-state index contributed by atoms with van der Waals surface area (Å²) >= 11 is 1.29. The summed E-state index contributed by atoms with van der Waals surface area (Å²) < 4.78 is 0. The molecule has 0 atom stereocenters. The second kappa shape index (κ2) is 9.45. The number of pyridine rings is 1. The molecule has 1 amide bonds. The van der Waals surface area contributed by atoms with Gasteiger partial charge in [-0.2, -0.15) is 0 Å². The molecule has 0 bridgehead atoms. The van der Waals surface area contributed by atoms with E-state index in [2.05, 4.69) is 46.7 Å². The van der Waals surface area contributed by atoms with Crippen LogP contribution in [0.4, 0.5) is 0 Å². The number of benzene rings is 2. The first-order valence-electron chi connectivity index (χ1n) is 9.57. The Kier molecular flexibility index (Phi) is 6.29. The van der Waals surface area contributed by atoms with Crippen LogP contribution in [0, 0.1) is 0 Å². The average molecular weight is 416 g/mol. The van der Waals surface area contributed by atoms with Gasteiger partial charge < -0.3 is 5.32 Å². The van der Waals surface area contributed by atoms with Gasteiger partial charge in [-0.05, 0) is 40.5 Å². The van der Waals surface area contributed by atoms with Crippen molar-refractivity contribution in [1.82, 2.24) is 15.8 Å². The third-order valence-electron chi connectivity index (χ3n) is 4.73. The molecule has 6 heteroatoms. The Labute approximate surface area is 179 Å². The SMILES string of the molecule is O=C(NO)c1ccc(-c2ccc(CNCc3ccc(-c4ccccc4)cc3)cn2)s1. The number of thiophene rings is 1. The fourth-order valence-corrected chi connectivity index (χ4v) is 4.00. The first-order chi connectivity index (χ1) is 14.7. The summed E-state index contributed by atoms with van der Waals surface area (Å²) in [5, 5.41) is 12.2. The van der Waals surface area contributed by atoms with Crippen molar-refractivity contribution in [1.29, 1.82) is 0 Å². The molecule has 0 unspecified atom stereocenters. The largest absolute Gasteiger partial charge is 0.309 e. The van der Waals surface area contributed by atoms with Crippen molar-refractivity contribution in [2.45, 2.75) is 13.1 Å². The number of aromatic nitrogens is 1. The normalized spacial score (nSPS) is 10.7. The minimum absolute atomic E-state index is 0.443. The average Bonchev–Trinajstić information content (AvgIpc) is 3.30. The van der Waals surface area contributed by atoms with Crippen molar-refractivity contribution in [3.8, 4) is 21.7 Å². The van der Waals surface area contributed by atoms with Crippen molar-refractivity contribution >= 4 is 17.2 Å². The number of amides is 1. The Morgan fingerprint density at radius 2 is 1.53 bits per heavy atom. The molecule has 0 aliphatic heterocycles. The van der Waals surface area contributed by atoms with Crippen LogP contribution >= 0.6 is 11.3 Å². The van der Waals surface area contributed by atoms with Crippen molar-refractivity contribution in [3.05, 3.63) is 101 Å². The summed E-state index contributed by atoms with van der Waals surface area (Å²) in [7, 11) is 0. The number of nitrogens with one attached hydrogen (secondary N) is 2. The Balaban J connectivity index is 1.31. The van der Waals surface area contributed by atoms with Gasteiger partial charge in [0.05, 0.1) is 15.4 Å². The number of hydrogen-bond acceptors (Lipinski definition) is 5. The van der Waals surface area contributed by atoms with E-state index in [4.69, 9.17) is 5.21 Å². The van der Waals surface area contributed by atoms with E-state index in [0.29, 0.717) is 4.88 Å². The van der Waals surface area contributed by atoms with E-state index in [-0.39, 0.29) is 0 Å². The number of nitrogens with zero attached hydrogens (tertiary/aromatic N) is 1. The van der Waals surface area contributed by atoms with E-state index in [1.165, 1.54) is 28.0 Å². The minimum atomic E-state index is -0.510. The zero-order chi connectivity index (χ0) is 20.8. The summed E-state index contributed by atoms with van der Waals surface area (Å²) in [6.45, 7) is 1.50. The van der Waals surface area contributed by atoms with E-state index in [0.717, 1.165) is 29.2 Å². The lowest BCUT2D eigenvalue weighted by atomic mass is 10.0. The molecule has 0 spiro atoms. The van der Waals surface area contributed by atoms with Crippen LogP contribution in [0.15, 0.2) is 85.1 Å². The number of carbonyl (C=O) groups excluding carboxylic acids is 1. The molecule has 3 N–H and O–H groups in total. The van der Waals surface area contributed by atoms with Crippen LogP contribution in [-0.4, -0.2) is 16.1 Å². The Morgan fingerprint density at radius 1 is 0.833 bits per heavy atom. The number of hydrogen-bond donors (Lipinski definition) is 3. The maximum atomic E-state index is 11.5. The van der Waals surface area contributed by atoms with Gasteiger partial charge in [0.2, 0.25) is 0 Å². The highest BCUT2D eigenvalue weighted by Crippen LogP contribution is 2.26. The van der Waals surface area contributed by atoms with Crippen molar-refractivity contribution in [3.63, 3.8) is 0 Å². The van der Waals surface area contributed by atoms with E-state index >= 15 is 0 Å². The highest BCUT2D eigenvalue weighted by Gasteiger charge is 2.10.